The molecule has 1 aromatic rings. The molecular weight excluding hydrogens is 292 g/mol. The number of amides is 1. The van der Waals surface area contributed by atoms with Crippen molar-refractivity contribution in [3.05, 3.63) is 35.4 Å². The van der Waals surface area contributed by atoms with E-state index in [9.17, 15) is 9.59 Å². The second-order valence-electron chi connectivity index (χ2n) is 6.91. The number of aromatic carboxylic acids is 1. The molecule has 2 atom stereocenters. The van der Waals surface area contributed by atoms with Gasteiger partial charge in [-0.05, 0) is 44.4 Å². The Morgan fingerprint density at radius 1 is 1.09 bits per heavy atom. The van der Waals surface area contributed by atoms with Crippen LogP contribution in [0.15, 0.2) is 24.3 Å². The van der Waals surface area contributed by atoms with Crippen molar-refractivity contribution in [1.82, 2.24) is 9.80 Å². The van der Waals surface area contributed by atoms with Gasteiger partial charge >= 0.3 is 5.97 Å². The number of hydrogen-bond donors (Lipinski definition) is 1. The minimum Gasteiger partial charge on any atom is -0.478 e. The molecule has 1 aliphatic heterocycles. The molecule has 1 amide bonds. The molecule has 1 heterocycles. The molecule has 3 rings (SSSR count). The van der Waals surface area contributed by atoms with Crippen molar-refractivity contribution in [3.63, 3.8) is 0 Å². The predicted octanol–water partition coefficient (Wildman–Crippen LogP) is 2.22. The number of benzene rings is 1. The lowest BCUT2D eigenvalue weighted by Gasteiger charge is -2.44. The zero-order valence-electron chi connectivity index (χ0n) is 13.7. The number of rotatable bonds is 4. The monoisotopic (exact) mass is 316 g/mol. The van der Waals surface area contributed by atoms with Gasteiger partial charge in [0.15, 0.2) is 0 Å². The van der Waals surface area contributed by atoms with Gasteiger partial charge in [0.2, 0.25) is 5.91 Å². The van der Waals surface area contributed by atoms with E-state index >= 15 is 0 Å². The number of carbonyl (C=O) groups is 2. The van der Waals surface area contributed by atoms with Gasteiger partial charge in [-0.15, -0.1) is 0 Å². The van der Waals surface area contributed by atoms with Gasteiger partial charge < -0.3 is 10.0 Å². The lowest BCUT2D eigenvalue weighted by Crippen LogP contribution is -2.58. The first kappa shape index (κ1) is 16.0. The van der Waals surface area contributed by atoms with E-state index in [0.29, 0.717) is 11.5 Å². The van der Waals surface area contributed by atoms with Gasteiger partial charge in [-0.1, -0.05) is 12.1 Å². The molecular formula is C18H24N2O3. The van der Waals surface area contributed by atoms with Gasteiger partial charge in [0.05, 0.1) is 5.56 Å². The zero-order chi connectivity index (χ0) is 16.6. The lowest BCUT2D eigenvalue weighted by atomic mass is 10.1. The van der Waals surface area contributed by atoms with Crippen molar-refractivity contribution in [2.45, 2.75) is 45.3 Å². The third-order valence-electron chi connectivity index (χ3n) is 4.78. The minimum atomic E-state index is -0.897. The van der Waals surface area contributed by atoms with E-state index in [1.165, 1.54) is 0 Å². The van der Waals surface area contributed by atoms with Crippen LogP contribution in [0.4, 0.5) is 0 Å². The number of piperazine rings is 1. The van der Waals surface area contributed by atoms with E-state index < -0.39 is 5.97 Å². The first-order valence-electron chi connectivity index (χ1n) is 8.32. The highest BCUT2D eigenvalue weighted by Crippen LogP contribution is 2.33. The Labute approximate surface area is 136 Å². The first-order valence-corrected chi connectivity index (χ1v) is 8.32. The van der Waals surface area contributed by atoms with E-state index in [-0.39, 0.29) is 18.0 Å². The topological polar surface area (TPSA) is 60.9 Å². The van der Waals surface area contributed by atoms with Gasteiger partial charge in [0.1, 0.15) is 0 Å². The van der Waals surface area contributed by atoms with Crippen molar-refractivity contribution in [1.29, 1.82) is 0 Å². The molecule has 0 bridgehead atoms. The zero-order valence-corrected chi connectivity index (χ0v) is 13.7. The summed E-state index contributed by atoms with van der Waals surface area (Å²) in [5, 5.41) is 8.95. The molecule has 23 heavy (non-hydrogen) atoms. The SMILES string of the molecule is C[C@@H]1CN(Cc2ccc(C(=O)O)cc2)C[C@H](C)N1C(=O)C1CC1. The first-order chi connectivity index (χ1) is 11.0. The fourth-order valence-corrected chi connectivity index (χ4v) is 3.55. The molecule has 1 aliphatic carbocycles. The Morgan fingerprint density at radius 2 is 1.65 bits per heavy atom. The number of nitrogens with zero attached hydrogens (tertiary/aromatic N) is 2. The predicted molar refractivity (Wildman–Crippen MR) is 87.2 cm³/mol. The highest BCUT2D eigenvalue weighted by molar-refractivity contribution is 5.87. The van der Waals surface area contributed by atoms with Crippen molar-refractivity contribution < 1.29 is 14.7 Å². The van der Waals surface area contributed by atoms with Crippen LogP contribution in [0.3, 0.4) is 0 Å². The van der Waals surface area contributed by atoms with E-state index in [2.05, 4.69) is 23.6 Å². The maximum Gasteiger partial charge on any atom is 0.335 e. The second kappa shape index (κ2) is 6.32. The summed E-state index contributed by atoms with van der Waals surface area (Å²) in [5.74, 6) is -0.295. The van der Waals surface area contributed by atoms with Crippen molar-refractivity contribution in [2.75, 3.05) is 13.1 Å². The fourth-order valence-electron chi connectivity index (χ4n) is 3.55. The number of carbonyl (C=O) groups excluding carboxylic acids is 1. The summed E-state index contributed by atoms with van der Waals surface area (Å²) in [5.41, 5.74) is 1.42. The molecule has 2 fully saturated rings. The highest BCUT2D eigenvalue weighted by atomic mass is 16.4. The summed E-state index contributed by atoms with van der Waals surface area (Å²) in [7, 11) is 0. The summed E-state index contributed by atoms with van der Waals surface area (Å²) < 4.78 is 0. The average Bonchev–Trinajstić information content (AvgIpc) is 3.31. The van der Waals surface area contributed by atoms with Crippen LogP contribution in [0.25, 0.3) is 0 Å². The summed E-state index contributed by atoms with van der Waals surface area (Å²) in [4.78, 5) is 27.7. The molecule has 0 spiro atoms. The van der Waals surface area contributed by atoms with Crippen LogP contribution in [-0.4, -0.2) is 52.0 Å². The molecule has 124 valence electrons. The second-order valence-corrected chi connectivity index (χ2v) is 6.91. The average molecular weight is 316 g/mol. The fraction of sp³-hybridized carbons (Fsp3) is 0.556. The quantitative estimate of drug-likeness (QED) is 0.925. The van der Waals surface area contributed by atoms with Gasteiger partial charge in [-0.3, -0.25) is 9.69 Å². The van der Waals surface area contributed by atoms with Gasteiger partial charge in [0, 0.05) is 37.6 Å². The van der Waals surface area contributed by atoms with Crippen LogP contribution < -0.4 is 0 Å². The van der Waals surface area contributed by atoms with Gasteiger partial charge in [-0.25, -0.2) is 4.79 Å². The van der Waals surface area contributed by atoms with E-state index in [4.69, 9.17) is 5.11 Å². The number of carboxylic acid groups (broad SMARTS) is 1. The molecule has 0 unspecified atom stereocenters. The number of hydrogen-bond acceptors (Lipinski definition) is 3. The highest BCUT2D eigenvalue weighted by Gasteiger charge is 2.40. The van der Waals surface area contributed by atoms with Crippen molar-refractivity contribution in [2.24, 2.45) is 5.92 Å². The summed E-state index contributed by atoms with van der Waals surface area (Å²) >= 11 is 0. The molecule has 0 radical (unpaired) electrons. The van der Waals surface area contributed by atoms with Gasteiger partial charge in [-0.2, -0.15) is 0 Å². The Bertz CT molecular complexity index is 583. The summed E-state index contributed by atoms with van der Waals surface area (Å²) in [6.07, 6.45) is 2.10. The molecule has 2 aliphatic rings. The normalized spacial score (nSPS) is 25.4. The largest absolute Gasteiger partial charge is 0.478 e. The molecule has 0 aromatic heterocycles. The number of carboxylic acids is 1. The molecule has 1 N–H and O–H groups in total. The van der Waals surface area contributed by atoms with Crippen LogP contribution in [0.2, 0.25) is 0 Å². The third-order valence-corrected chi connectivity index (χ3v) is 4.78. The molecule has 5 heteroatoms. The van der Waals surface area contributed by atoms with Crippen LogP contribution in [0.1, 0.15) is 42.6 Å². The summed E-state index contributed by atoms with van der Waals surface area (Å²) in [6.45, 7) is 6.76. The van der Waals surface area contributed by atoms with E-state index in [1.807, 2.05) is 12.1 Å². The van der Waals surface area contributed by atoms with Crippen LogP contribution in [-0.2, 0) is 11.3 Å². The Kier molecular flexibility index (Phi) is 4.39. The molecule has 1 aromatic carbocycles. The lowest BCUT2D eigenvalue weighted by molar-refractivity contribution is -0.140. The summed E-state index contributed by atoms with van der Waals surface area (Å²) in [6, 6.07) is 7.51. The Hall–Kier alpha value is -1.88. The van der Waals surface area contributed by atoms with Crippen molar-refractivity contribution in [3.8, 4) is 0 Å². The molecule has 5 nitrogen and oxygen atoms in total. The van der Waals surface area contributed by atoms with Crippen molar-refractivity contribution >= 4 is 11.9 Å². The maximum atomic E-state index is 12.4. The smallest absolute Gasteiger partial charge is 0.335 e. The molecule has 1 saturated carbocycles. The van der Waals surface area contributed by atoms with Gasteiger partial charge in [0.25, 0.3) is 0 Å². The third kappa shape index (κ3) is 3.55. The standard InChI is InChI=1S/C18H24N2O3/c1-12-9-19(10-13(2)20(12)17(21)15-7-8-15)11-14-3-5-16(6-4-14)18(22)23/h3-6,12-13,15H,7-11H2,1-2H3,(H,22,23)/t12-,13+. The van der Waals surface area contributed by atoms with Crippen LogP contribution >= 0.6 is 0 Å². The van der Waals surface area contributed by atoms with Crippen LogP contribution in [0.5, 0.6) is 0 Å². The minimum absolute atomic E-state index is 0.227. The maximum absolute atomic E-state index is 12.4. The Balaban J connectivity index is 1.62. The molecule has 1 saturated heterocycles. The van der Waals surface area contributed by atoms with E-state index in [0.717, 1.165) is 38.0 Å². The van der Waals surface area contributed by atoms with Crippen LogP contribution in [0, 0.1) is 5.92 Å². The Morgan fingerprint density at radius 3 is 2.13 bits per heavy atom. The van der Waals surface area contributed by atoms with E-state index in [1.54, 1.807) is 12.1 Å².